The first-order valence-electron chi connectivity index (χ1n) is 6.81. The van der Waals surface area contributed by atoms with E-state index in [1.165, 1.54) is 12.8 Å². The van der Waals surface area contributed by atoms with Crippen molar-refractivity contribution in [2.24, 2.45) is 0 Å². The van der Waals surface area contributed by atoms with Crippen molar-refractivity contribution in [2.45, 2.75) is 38.7 Å². The van der Waals surface area contributed by atoms with E-state index in [-0.39, 0.29) is 6.10 Å². The van der Waals surface area contributed by atoms with E-state index in [0.717, 1.165) is 29.5 Å². The highest BCUT2D eigenvalue weighted by molar-refractivity contribution is 5.84. The number of hydrogen-bond donors (Lipinski definition) is 0. The Balaban J connectivity index is 2.13. The summed E-state index contributed by atoms with van der Waals surface area (Å²) in [5.41, 5.74) is 0.876. The van der Waals surface area contributed by atoms with Gasteiger partial charge in [-0.15, -0.1) is 6.42 Å². The van der Waals surface area contributed by atoms with Crippen molar-refractivity contribution in [1.82, 2.24) is 4.98 Å². The lowest BCUT2D eigenvalue weighted by Gasteiger charge is -2.14. The van der Waals surface area contributed by atoms with Crippen LogP contribution < -0.4 is 4.74 Å². The minimum absolute atomic E-state index is 0.167. The molecule has 98 valence electrons. The monoisotopic (exact) mass is 253 g/mol. The van der Waals surface area contributed by atoms with Gasteiger partial charge in [0.25, 0.3) is 0 Å². The highest BCUT2D eigenvalue weighted by Gasteiger charge is 2.09. The van der Waals surface area contributed by atoms with Gasteiger partial charge in [0.1, 0.15) is 11.3 Å². The number of hydrogen-bond acceptors (Lipinski definition) is 2. The molecule has 0 saturated carbocycles. The number of aromatic nitrogens is 1. The average Bonchev–Trinajstić information content (AvgIpc) is 2.46. The van der Waals surface area contributed by atoms with E-state index >= 15 is 0 Å². The topological polar surface area (TPSA) is 22.1 Å². The molecule has 2 aromatic rings. The maximum Gasteiger partial charge on any atom is 0.159 e. The number of nitrogens with zero attached hydrogens (tertiary/aromatic N) is 1. The molecular weight excluding hydrogens is 234 g/mol. The summed E-state index contributed by atoms with van der Waals surface area (Å²) in [6.45, 7) is 2.18. The highest BCUT2D eigenvalue weighted by atomic mass is 16.5. The minimum atomic E-state index is -0.167. The molecule has 0 aliphatic rings. The van der Waals surface area contributed by atoms with Crippen LogP contribution >= 0.6 is 0 Å². The largest absolute Gasteiger partial charge is 0.475 e. The van der Waals surface area contributed by atoms with Gasteiger partial charge in [0.15, 0.2) is 6.10 Å². The number of rotatable bonds is 6. The smallest absolute Gasteiger partial charge is 0.159 e. The molecule has 1 aromatic heterocycles. The van der Waals surface area contributed by atoms with Crippen LogP contribution in [0.5, 0.6) is 5.75 Å². The summed E-state index contributed by atoms with van der Waals surface area (Å²) in [6, 6.07) is 9.87. The van der Waals surface area contributed by atoms with E-state index in [2.05, 4.69) is 17.8 Å². The second-order valence-electron chi connectivity index (χ2n) is 4.60. The highest BCUT2D eigenvalue weighted by Crippen LogP contribution is 2.24. The number of unbranched alkanes of at least 4 members (excludes halogenated alkanes) is 2. The quantitative estimate of drug-likeness (QED) is 0.568. The molecule has 1 heterocycles. The maximum absolute atomic E-state index is 5.92. The molecule has 0 saturated heterocycles. The van der Waals surface area contributed by atoms with Crippen LogP contribution in [0.2, 0.25) is 0 Å². The Bertz CT molecular complexity index is 565. The fourth-order valence-corrected chi connectivity index (χ4v) is 2.08. The van der Waals surface area contributed by atoms with E-state index in [1.54, 1.807) is 6.20 Å². The van der Waals surface area contributed by atoms with Gasteiger partial charge >= 0.3 is 0 Å². The molecule has 1 atom stereocenters. The predicted octanol–water partition coefficient (Wildman–Crippen LogP) is 4.20. The molecule has 2 heteroatoms. The molecule has 0 spiro atoms. The van der Waals surface area contributed by atoms with Gasteiger partial charge in [0, 0.05) is 11.6 Å². The van der Waals surface area contributed by atoms with E-state index in [4.69, 9.17) is 11.2 Å². The van der Waals surface area contributed by atoms with Crippen LogP contribution in [0.1, 0.15) is 32.6 Å². The molecule has 0 bridgehead atoms. The molecule has 2 nitrogen and oxygen atoms in total. The summed E-state index contributed by atoms with van der Waals surface area (Å²) in [7, 11) is 0. The summed E-state index contributed by atoms with van der Waals surface area (Å²) in [5, 5.41) is 1.07. The van der Waals surface area contributed by atoms with Crippen molar-refractivity contribution in [3.05, 3.63) is 36.5 Å². The average molecular weight is 253 g/mol. The van der Waals surface area contributed by atoms with Crippen molar-refractivity contribution < 1.29 is 4.74 Å². The normalized spacial score (nSPS) is 12.0. The SMILES string of the molecule is C#CC(CCCCC)Oc1cccc2cccnc12. The molecule has 2 rings (SSSR count). The van der Waals surface area contributed by atoms with Gasteiger partial charge in [-0.1, -0.05) is 43.9 Å². The summed E-state index contributed by atoms with van der Waals surface area (Å²) in [4.78, 5) is 4.37. The van der Waals surface area contributed by atoms with Crippen LogP contribution in [0.15, 0.2) is 36.5 Å². The fourth-order valence-electron chi connectivity index (χ4n) is 2.08. The van der Waals surface area contributed by atoms with Crippen molar-refractivity contribution in [1.29, 1.82) is 0 Å². The van der Waals surface area contributed by atoms with Gasteiger partial charge < -0.3 is 4.74 Å². The first-order chi connectivity index (χ1) is 9.35. The summed E-state index contributed by atoms with van der Waals surface area (Å²) >= 11 is 0. The number of terminal acetylenes is 1. The Kier molecular flexibility index (Phi) is 4.80. The van der Waals surface area contributed by atoms with Crippen LogP contribution in [0, 0.1) is 12.3 Å². The number of fused-ring (bicyclic) bond motifs is 1. The van der Waals surface area contributed by atoms with E-state index in [1.807, 2.05) is 30.3 Å². The molecule has 0 N–H and O–H groups in total. The third-order valence-corrected chi connectivity index (χ3v) is 3.12. The second kappa shape index (κ2) is 6.80. The first-order valence-corrected chi connectivity index (χ1v) is 6.81. The molecule has 0 amide bonds. The Morgan fingerprint density at radius 3 is 2.89 bits per heavy atom. The lowest BCUT2D eigenvalue weighted by Crippen LogP contribution is -2.14. The van der Waals surface area contributed by atoms with Crippen LogP contribution in [-0.2, 0) is 0 Å². The Labute approximate surface area is 114 Å². The zero-order valence-corrected chi connectivity index (χ0v) is 11.3. The van der Waals surface area contributed by atoms with Gasteiger partial charge in [-0.05, 0) is 25.0 Å². The van der Waals surface area contributed by atoms with Crippen molar-refractivity contribution in [3.63, 3.8) is 0 Å². The standard InChI is InChI=1S/C17H19NO/c1-3-5-6-11-15(4-2)19-16-12-7-9-14-10-8-13-18-17(14)16/h2,7-10,12-13,15H,3,5-6,11H2,1H3. The lowest BCUT2D eigenvalue weighted by molar-refractivity contribution is 0.245. The van der Waals surface area contributed by atoms with Gasteiger partial charge in [-0.25, -0.2) is 0 Å². The van der Waals surface area contributed by atoms with E-state index in [9.17, 15) is 0 Å². The van der Waals surface area contributed by atoms with Crippen LogP contribution in [0.25, 0.3) is 10.9 Å². The second-order valence-corrected chi connectivity index (χ2v) is 4.60. The van der Waals surface area contributed by atoms with Crippen LogP contribution in [0.4, 0.5) is 0 Å². The van der Waals surface area contributed by atoms with Gasteiger partial charge in [-0.3, -0.25) is 4.98 Å². The third kappa shape index (κ3) is 3.48. The molecule has 0 aliphatic carbocycles. The van der Waals surface area contributed by atoms with Crippen molar-refractivity contribution >= 4 is 10.9 Å². The molecular formula is C17H19NO. The molecule has 1 unspecified atom stereocenters. The first kappa shape index (κ1) is 13.4. The summed E-state index contributed by atoms with van der Waals surface area (Å²) in [6.07, 6.45) is 11.5. The summed E-state index contributed by atoms with van der Waals surface area (Å²) < 4.78 is 5.92. The number of benzene rings is 1. The zero-order valence-electron chi connectivity index (χ0n) is 11.3. The lowest BCUT2D eigenvalue weighted by atomic mass is 10.1. The van der Waals surface area contributed by atoms with Crippen molar-refractivity contribution in [3.8, 4) is 18.1 Å². The number of pyridine rings is 1. The molecule has 0 fully saturated rings. The predicted molar refractivity (Wildman–Crippen MR) is 79.1 cm³/mol. The van der Waals surface area contributed by atoms with Gasteiger partial charge in [0.2, 0.25) is 0 Å². The number of para-hydroxylation sites is 1. The number of ether oxygens (including phenoxy) is 1. The Morgan fingerprint density at radius 1 is 1.26 bits per heavy atom. The van der Waals surface area contributed by atoms with Gasteiger partial charge in [-0.2, -0.15) is 0 Å². The third-order valence-electron chi connectivity index (χ3n) is 3.12. The Morgan fingerprint density at radius 2 is 2.11 bits per heavy atom. The minimum Gasteiger partial charge on any atom is -0.475 e. The summed E-state index contributed by atoms with van der Waals surface area (Å²) in [5.74, 6) is 3.50. The van der Waals surface area contributed by atoms with Crippen LogP contribution in [0.3, 0.4) is 0 Å². The molecule has 19 heavy (non-hydrogen) atoms. The molecule has 1 aromatic carbocycles. The maximum atomic E-state index is 5.92. The van der Waals surface area contributed by atoms with E-state index in [0.29, 0.717) is 0 Å². The van der Waals surface area contributed by atoms with Crippen LogP contribution in [-0.4, -0.2) is 11.1 Å². The van der Waals surface area contributed by atoms with Gasteiger partial charge in [0.05, 0.1) is 0 Å². The Hall–Kier alpha value is -2.01. The van der Waals surface area contributed by atoms with E-state index < -0.39 is 0 Å². The fraction of sp³-hybridized carbons (Fsp3) is 0.353. The van der Waals surface area contributed by atoms with Crippen molar-refractivity contribution in [2.75, 3.05) is 0 Å². The molecule has 0 radical (unpaired) electrons. The zero-order chi connectivity index (χ0) is 13.5. The molecule has 0 aliphatic heterocycles.